The van der Waals surface area contributed by atoms with Crippen LogP contribution in [-0.2, 0) is 0 Å². The van der Waals surface area contributed by atoms with Crippen LogP contribution in [0.1, 0.15) is 52.4 Å². The zero-order chi connectivity index (χ0) is 9.40. The molecule has 0 amide bonds. The molecule has 0 fully saturated rings. The lowest BCUT2D eigenvalue weighted by molar-refractivity contribution is 0.297. The Morgan fingerprint density at radius 3 is 2.08 bits per heavy atom. The fraction of sp³-hybridized carbons (Fsp3) is 1.00. The molecule has 0 saturated carbocycles. The van der Waals surface area contributed by atoms with E-state index in [0.29, 0.717) is 0 Å². The van der Waals surface area contributed by atoms with Gasteiger partial charge in [0, 0.05) is 3.92 Å². The van der Waals surface area contributed by atoms with E-state index in [2.05, 4.69) is 36.4 Å². The van der Waals surface area contributed by atoms with E-state index in [4.69, 9.17) is 0 Å². The summed E-state index contributed by atoms with van der Waals surface area (Å²) in [6, 6.07) is 0. The fourth-order valence-electron chi connectivity index (χ4n) is 1.16. The number of unbranched alkanes of at least 4 members (excludes halogenated alkanes) is 2. The lowest BCUT2D eigenvalue weighted by Gasteiger charge is -2.13. The molecule has 0 saturated heterocycles. The number of rotatable bonds is 7. The molecule has 0 N–H and O–H groups in total. The first-order valence-corrected chi connectivity index (χ1v) is 6.25. The molecule has 2 heteroatoms. The van der Waals surface area contributed by atoms with Gasteiger partial charge in [-0.3, -0.25) is 0 Å². The summed E-state index contributed by atoms with van der Waals surface area (Å²) in [5.74, 6) is 0. The molecule has 0 unspecified atom stereocenters. The molecule has 0 bridgehead atoms. The molecule has 0 aromatic carbocycles. The van der Waals surface area contributed by atoms with E-state index in [-0.39, 0.29) is 3.92 Å². The van der Waals surface area contributed by atoms with Crippen LogP contribution >= 0.6 is 22.6 Å². The second-order valence-corrected chi connectivity index (χ2v) is 4.92. The predicted octanol–water partition coefficient (Wildman–Crippen LogP) is 4.51. The SMILES string of the molecule is CCCC[C@@H](I)[C@@H](F)CCCC. The second kappa shape index (κ2) is 8.27. The lowest BCUT2D eigenvalue weighted by Crippen LogP contribution is -2.15. The maximum atomic E-state index is 13.3. The van der Waals surface area contributed by atoms with Gasteiger partial charge in [0.1, 0.15) is 6.17 Å². The summed E-state index contributed by atoms with van der Waals surface area (Å²) >= 11 is 2.26. The Morgan fingerprint density at radius 2 is 1.58 bits per heavy atom. The van der Waals surface area contributed by atoms with Crippen molar-refractivity contribution in [3.63, 3.8) is 0 Å². The summed E-state index contributed by atoms with van der Waals surface area (Å²) in [7, 11) is 0. The van der Waals surface area contributed by atoms with Crippen molar-refractivity contribution in [1.82, 2.24) is 0 Å². The molecule has 0 spiro atoms. The van der Waals surface area contributed by atoms with Gasteiger partial charge in [0.05, 0.1) is 0 Å². The van der Waals surface area contributed by atoms with Gasteiger partial charge >= 0.3 is 0 Å². The molecule has 0 rings (SSSR count). The zero-order valence-electron chi connectivity index (χ0n) is 8.15. The van der Waals surface area contributed by atoms with E-state index < -0.39 is 6.17 Å². The maximum absolute atomic E-state index is 13.3. The fourth-order valence-corrected chi connectivity index (χ4v) is 1.96. The van der Waals surface area contributed by atoms with E-state index in [1.165, 1.54) is 12.8 Å². The first-order chi connectivity index (χ1) is 5.72. The van der Waals surface area contributed by atoms with Crippen molar-refractivity contribution in [1.29, 1.82) is 0 Å². The number of hydrogen-bond donors (Lipinski definition) is 0. The molecule has 2 atom stereocenters. The molecule has 74 valence electrons. The third kappa shape index (κ3) is 6.21. The van der Waals surface area contributed by atoms with Crippen molar-refractivity contribution < 1.29 is 4.39 Å². The standard InChI is InChI=1S/C10H20FI/c1-3-5-7-9(11)10(12)8-6-4-2/h9-10H,3-8H2,1-2H3/t9-,10+/m0/s1. The van der Waals surface area contributed by atoms with E-state index in [1.54, 1.807) is 0 Å². The first kappa shape index (κ1) is 12.7. The number of alkyl halides is 2. The molecule has 0 heterocycles. The Morgan fingerprint density at radius 1 is 1.08 bits per heavy atom. The van der Waals surface area contributed by atoms with E-state index in [0.717, 1.165) is 25.7 Å². The van der Waals surface area contributed by atoms with E-state index in [9.17, 15) is 4.39 Å². The first-order valence-electron chi connectivity index (χ1n) is 5.00. The summed E-state index contributed by atoms with van der Waals surface area (Å²) in [6.45, 7) is 4.27. The van der Waals surface area contributed by atoms with Crippen LogP contribution in [0.3, 0.4) is 0 Å². The lowest BCUT2D eigenvalue weighted by atomic mass is 10.1. The summed E-state index contributed by atoms with van der Waals surface area (Å²) < 4.78 is 13.5. The van der Waals surface area contributed by atoms with Crippen molar-refractivity contribution in [2.75, 3.05) is 0 Å². The molecule has 0 aliphatic rings. The van der Waals surface area contributed by atoms with E-state index >= 15 is 0 Å². The van der Waals surface area contributed by atoms with Gasteiger partial charge in [-0.2, -0.15) is 0 Å². The van der Waals surface area contributed by atoms with Crippen LogP contribution in [0, 0.1) is 0 Å². The number of halogens is 2. The van der Waals surface area contributed by atoms with Crippen molar-refractivity contribution in [2.24, 2.45) is 0 Å². The Labute approximate surface area is 89.5 Å². The van der Waals surface area contributed by atoms with Crippen LogP contribution in [0.15, 0.2) is 0 Å². The minimum atomic E-state index is -0.572. The van der Waals surface area contributed by atoms with Gasteiger partial charge < -0.3 is 0 Å². The Hall–Kier alpha value is 0.660. The largest absolute Gasteiger partial charge is 0.246 e. The maximum Gasteiger partial charge on any atom is 0.112 e. The van der Waals surface area contributed by atoms with Gasteiger partial charge in [-0.15, -0.1) is 0 Å². The summed E-state index contributed by atoms with van der Waals surface area (Å²) in [4.78, 5) is 0. The molecule has 12 heavy (non-hydrogen) atoms. The quantitative estimate of drug-likeness (QED) is 0.477. The van der Waals surface area contributed by atoms with Gasteiger partial charge in [-0.05, 0) is 12.8 Å². The molecule has 0 radical (unpaired) electrons. The van der Waals surface area contributed by atoms with Gasteiger partial charge in [0.15, 0.2) is 0 Å². The highest BCUT2D eigenvalue weighted by molar-refractivity contribution is 14.1. The van der Waals surface area contributed by atoms with Crippen LogP contribution < -0.4 is 0 Å². The molecule has 0 aromatic rings. The summed E-state index contributed by atoms with van der Waals surface area (Å²) in [5.41, 5.74) is 0. The van der Waals surface area contributed by atoms with Gasteiger partial charge in [0.25, 0.3) is 0 Å². The highest BCUT2D eigenvalue weighted by Gasteiger charge is 2.15. The molecular formula is C10H20FI. The van der Waals surface area contributed by atoms with Crippen molar-refractivity contribution in [3.05, 3.63) is 0 Å². The topological polar surface area (TPSA) is 0 Å². The highest BCUT2D eigenvalue weighted by Crippen LogP contribution is 2.21. The van der Waals surface area contributed by atoms with Gasteiger partial charge in [0.2, 0.25) is 0 Å². The molecule has 0 aliphatic heterocycles. The average Bonchev–Trinajstić information content (AvgIpc) is 2.10. The number of hydrogen-bond acceptors (Lipinski definition) is 0. The van der Waals surface area contributed by atoms with Crippen LogP contribution in [0.4, 0.5) is 4.39 Å². The Balaban J connectivity index is 3.39. The second-order valence-electron chi connectivity index (χ2n) is 3.32. The Bertz CT molecular complexity index is 83.8. The monoisotopic (exact) mass is 286 g/mol. The highest BCUT2D eigenvalue weighted by atomic mass is 127. The van der Waals surface area contributed by atoms with Crippen LogP contribution in [0.25, 0.3) is 0 Å². The smallest absolute Gasteiger partial charge is 0.112 e. The molecule has 0 nitrogen and oxygen atoms in total. The van der Waals surface area contributed by atoms with Crippen LogP contribution in [0.5, 0.6) is 0 Å². The third-order valence-electron chi connectivity index (χ3n) is 2.06. The van der Waals surface area contributed by atoms with Crippen LogP contribution in [0.2, 0.25) is 0 Å². The Kier molecular flexibility index (Phi) is 8.72. The molecular weight excluding hydrogens is 266 g/mol. The summed E-state index contributed by atoms with van der Waals surface area (Å²) in [5, 5.41) is 0. The minimum Gasteiger partial charge on any atom is -0.246 e. The van der Waals surface area contributed by atoms with Crippen molar-refractivity contribution >= 4 is 22.6 Å². The molecule has 0 aromatic heterocycles. The predicted molar refractivity (Wildman–Crippen MR) is 61.8 cm³/mol. The van der Waals surface area contributed by atoms with Gasteiger partial charge in [-0.25, -0.2) is 4.39 Å². The van der Waals surface area contributed by atoms with Crippen molar-refractivity contribution in [3.8, 4) is 0 Å². The minimum absolute atomic E-state index is 0.245. The third-order valence-corrected chi connectivity index (χ3v) is 3.46. The zero-order valence-corrected chi connectivity index (χ0v) is 10.3. The summed E-state index contributed by atoms with van der Waals surface area (Å²) in [6.07, 6.45) is 5.72. The van der Waals surface area contributed by atoms with Gasteiger partial charge in [-0.1, -0.05) is 62.1 Å². The van der Waals surface area contributed by atoms with E-state index in [1.807, 2.05) is 0 Å². The van der Waals surface area contributed by atoms with Crippen LogP contribution in [-0.4, -0.2) is 10.1 Å². The normalized spacial score (nSPS) is 16.0. The average molecular weight is 286 g/mol. The van der Waals surface area contributed by atoms with Crippen molar-refractivity contribution in [2.45, 2.75) is 62.5 Å². The molecule has 0 aliphatic carbocycles.